The van der Waals surface area contributed by atoms with E-state index in [1.807, 2.05) is 6.07 Å². The molecular formula is C11H13NO3. The summed E-state index contributed by atoms with van der Waals surface area (Å²) in [6, 6.07) is 8.90. The first-order valence-electron chi connectivity index (χ1n) is 4.94. The maximum Gasteiger partial charge on any atom is 0.340 e. The lowest BCUT2D eigenvalue weighted by atomic mass is 10.2. The van der Waals surface area contributed by atoms with Crippen LogP contribution in [0.1, 0.15) is 10.4 Å². The number of hydrogen-bond acceptors (Lipinski definition) is 4. The van der Waals surface area contributed by atoms with Gasteiger partial charge in [0.25, 0.3) is 0 Å². The minimum Gasteiger partial charge on any atom is -0.431 e. The second-order valence-electron chi connectivity index (χ2n) is 3.28. The molecule has 1 aromatic rings. The summed E-state index contributed by atoms with van der Waals surface area (Å²) in [5.74, 6) is -0.343. The van der Waals surface area contributed by atoms with Crippen LogP contribution in [0.2, 0.25) is 0 Å². The highest BCUT2D eigenvalue weighted by atomic mass is 16.7. The predicted octanol–water partition coefficient (Wildman–Crippen LogP) is 0.789. The quantitative estimate of drug-likeness (QED) is 0.728. The van der Waals surface area contributed by atoms with Crippen LogP contribution in [-0.2, 0) is 9.47 Å². The molecular weight excluding hydrogens is 194 g/mol. The minimum atomic E-state index is -0.466. The number of morpholine rings is 1. The van der Waals surface area contributed by atoms with Gasteiger partial charge in [-0.2, -0.15) is 0 Å². The summed E-state index contributed by atoms with van der Waals surface area (Å²) >= 11 is 0. The molecule has 1 aliphatic heterocycles. The number of nitrogens with one attached hydrogen (secondary N) is 1. The maximum absolute atomic E-state index is 11.6. The summed E-state index contributed by atoms with van der Waals surface area (Å²) in [4.78, 5) is 11.6. The van der Waals surface area contributed by atoms with Gasteiger partial charge in [-0.05, 0) is 12.1 Å². The van der Waals surface area contributed by atoms with E-state index in [1.165, 1.54) is 0 Å². The Balaban J connectivity index is 1.91. The van der Waals surface area contributed by atoms with E-state index in [1.54, 1.807) is 24.3 Å². The fraction of sp³-hybridized carbons (Fsp3) is 0.364. The fourth-order valence-corrected chi connectivity index (χ4v) is 1.38. The van der Waals surface area contributed by atoms with Crippen LogP contribution in [0.15, 0.2) is 30.3 Å². The average molecular weight is 207 g/mol. The average Bonchev–Trinajstić information content (AvgIpc) is 2.31. The van der Waals surface area contributed by atoms with E-state index < -0.39 is 6.29 Å². The van der Waals surface area contributed by atoms with Gasteiger partial charge in [0.2, 0.25) is 6.29 Å². The van der Waals surface area contributed by atoms with Gasteiger partial charge < -0.3 is 14.8 Å². The topological polar surface area (TPSA) is 47.6 Å². The Hall–Kier alpha value is -1.39. The molecule has 1 atom stereocenters. The molecule has 1 heterocycles. The lowest BCUT2D eigenvalue weighted by molar-refractivity contribution is -0.121. The van der Waals surface area contributed by atoms with Crippen molar-refractivity contribution in [2.24, 2.45) is 0 Å². The van der Waals surface area contributed by atoms with E-state index in [2.05, 4.69) is 5.32 Å². The van der Waals surface area contributed by atoms with Crippen molar-refractivity contribution in [3.8, 4) is 0 Å². The van der Waals surface area contributed by atoms with Gasteiger partial charge in [0, 0.05) is 6.54 Å². The normalized spacial score (nSPS) is 20.9. The number of benzene rings is 1. The van der Waals surface area contributed by atoms with Gasteiger partial charge in [-0.15, -0.1) is 0 Å². The van der Waals surface area contributed by atoms with Gasteiger partial charge in [-0.25, -0.2) is 4.79 Å². The zero-order valence-corrected chi connectivity index (χ0v) is 8.31. The highest BCUT2D eigenvalue weighted by Crippen LogP contribution is 2.05. The van der Waals surface area contributed by atoms with Crippen LogP contribution >= 0.6 is 0 Å². The van der Waals surface area contributed by atoms with Crippen molar-refractivity contribution in [3.63, 3.8) is 0 Å². The molecule has 15 heavy (non-hydrogen) atoms. The van der Waals surface area contributed by atoms with E-state index >= 15 is 0 Å². The van der Waals surface area contributed by atoms with Gasteiger partial charge in [0.15, 0.2) is 0 Å². The molecule has 4 heteroatoms. The van der Waals surface area contributed by atoms with Crippen molar-refractivity contribution in [2.45, 2.75) is 6.29 Å². The summed E-state index contributed by atoms with van der Waals surface area (Å²) in [7, 11) is 0. The molecule has 1 aliphatic rings. The second kappa shape index (κ2) is 4.91. The molecule has 80 valence electrons. The number of ether oxygens (including phenoxy) is 2. The molecule has 4 nitrogen and oxygen atoms in total. The van der Waals surface area contributed by atoms with Crippen LogP contribution in [0, 0.1) is 0 Å². The predicted molar refractivity (Wildman–Crippen MR) is 54.5 cm³/mol. The van der Waals surface area contributed by atoms with Gasteiger partial charge in [-0.3, -0.25) is 0 Å². The Bertz CT molecular complexity index is 320. The first-order chi connectivity index (χ1) is 7.36. The number of rotatable bonds is 2. The summed E-state index contributed by atoms with van der Waals surface area (Å²) in [6.07, 6.45) is -0.466. The number of carbonyl (C=O) groups excluding carboxylic acids is 1. The molecule has 1 aromatic carbocycles. The van der Waals surface area contributed by atoms with Gasteiger partial charge in [-0.1, -0.05) is 18.2 Å². The van der Waals surface area contributed by atoms with Gasteiger partial charge in [0.05, 0.1) is 18.7 Å². The van der Waals surface area contributed by atoms with Crippen LogP contribution in [0.5, 0.6) is 0 Å². The highest BCUT2D eigenvalue weighted by Gasteiger charge is 2.18. The molecule has 0 saturated carbocycles. The zero-order chi connectivity index (χ0) is 10.5. The molecule has 1 N–H and O–H groups in total. The highest BCUT2D eigenvalue weighted by molar-refractivity contribution is 5.89. The first kappa shape index (κ1) is 10.1. The van der Waals surface area contributed by atoms with Crippen LogP contribution in [-0.4, -0.2) is 32.0 Å². The number of esters is 1. The second-order valence-corrected chi connectivity index (χ2v) is 3.28. The van der Waals surface area contributed by atoms with Crippen LogP contribution < -0.4 is 5.32 Å². The van der Waals surface area contributed by atoms with Crippen LogP contribution in [0.25, 0.3) is 0 Å². The van der Waals surface area contributed by atoms with E-state index in [0.717, 1.165) is 6.54 Å². The fourth-order valence-electron chi connectivity index (χ4n) is 1.38. The molecule has 1 unspecified atom stereocenters. The third-order valence-corrected chi connectivity index (χ3v) is 2.14. The van der Waals surface area contributed by atoms with Gasteiger partial charge in [0.1, 0.15) is 0 Å². The molecule has 1 saturated heterocycles. The lowest BCUT2D eigenvalue weighted by Crippen LogP contribution is -2.41. The van der Waals surface area contributed by atoms with Crippen molar-refractivity contribution < 1.29 is 14.3 Å². The van der Waals surface area contributed by atoms with Crippen molar-refractivity contribution >= 4 is 5.97 Å². The molecule has 2 rings (SSSR count). The maximum atomic E-state index is 11.6. The molecule has 1 fully saturated rings. The third kappa shape index (κ3) is 2.78. The summed E-state index contributed by atoms with van der Waals surface area (Å²) < 4.78 is 10.4. The Kier molecular flexibility index (Phi) is 3.32. The van der Waals surface area contributed by atoms with Crippen LogP contribution in [0.3, 0.4) is 0 Å². The smallest absolute Gasteiger partial charge is 0.340 e. The van der Waals surface area contributed by atoms with E-state index in [0.29, 0.717) is 18.7 Å². The Labute approximate surface area is 88.2 Å². The molecule has 0 radical (unpaired) electrons. The standard InChI is InChI=1S/C11H13NO3/c13-11(9-4-2-1-3-5-9)15-10-8-12-6-7-14-10/h1-5,10,12H,6-8H2. The minimum absolute atomic E-state index is 0.343. The number of carbonyl (C=O) groups is 1. The molecule has 0 amide bonds. The lowest BCUT2D eigenvalue weighted by Gasteiger charge is -2.23. The number of hydrogen-bond donors (Lipinski definition) is 1. The van der Waals surface area contributed by atoms with Crippen molar-refractivity contribution in [2.75, 3.05) is 19.7 Å². The van der Waals surface area contributed by atoms with Gasteiger partial charge >= 0.3 is 5.97 Å². The van der Waals surface area contributed by atoms with Crippen LogP contribution in [0.4, 0.5) is 0 Å². The zero-order valence-electron chi connectivity index (χ0n) is 8.31. The Morgan fingerprint density at radius 2 is 2.20 bits per heavy atom. The molecule has 0 aromatic heterocycles. The van der Waals surface area contributed by atoms with E-state index in [9.17, 15) is 4.79 Å². The van der Waals surface area contributed by atoms with Crippen molar-refractivity contribution in [1.29, 1.82) is 0 Å². The Morgan fingerprint density at radius 3 is 2.87 bits per heavy atom. The monoisotopic (exact) mass is 207 g/mol. The molecule has 0 bridgehead atoms. The summed E-state index contributed by atoms with van der Waals surface area (Å²) in [5, 5.41) is 3.09. The molecule has 0 spiro atoms. The summed E-state index contributed by atoms with van der Waals surface area (Å²) in [5.41, 5.74) is 0.548. The first-order valence-corrected chi connectivity index (χ1v) is 4.94. The largest absolute Gasteiger partial charge is 0.431 e. The van der Waals surface area contributed by atoms with E-state index in [4.69, 9.17) is 9.47 Å². The summed E-state index contributed by atoms with van der Waals surface area (Å²) in [6.45, 7) is 1.94. The molecule has 0 aliphatic carbocycles. The SMILES string of the molecule is O=C(OC1CNCCO1)c1ccccc1. The van der Waals surface area contributed by atoms with Crippen molar-refractivity contribution in [3.05, 3.63) is 35.9 Å². The van der Waals surface area contributed by atoms with E-state index in [-0.39, 0.29) is 5.97 Å². The van der Waals surface area contributed by atoms with Crippen molar-refractivity contribution in [1.82, 2.24) is 5.32 Å². The Morgan fingerprint density at radius 1 is 1.40 bits per heavy atom. The third-order valence-electron chi connectivity index (χ3n) is 2.14.